The first-order valence-corrected chi connectivity index (χ1v) is 7.29. The Kier molecular flexibility index (Phi) is 6.67. The van der Waals surface area contributed by atoms with Gasteiger partial charge in [-0.05, 0) is 25.2 Å². The smallest absolute Gasteiger partial charge is 0.326 e. The van der Waals surface area contributed by atoms with Crippen LogP contribution in [0.1, 0.15) is 51.9 Å². The zero-order valence-electron chi connectivity index (χ0n) is 12.0. The van der Waals surface area contributed by atoms with Gasteiger partial charge in [-0.1, -0.05) is 32.6 Å². The number of nitrogens with zero attached hydrogens (tertiary/aromatic N) is 1. The zero-order valence-corrected chi connectivity index (χ0v) is 12.0. The van der Waals surface area contributed by atoms with Crippen molar-refractivity contribution in [3.63, 3.8) is 0 Å². The maximum atomic E-state index is 12.0. The monoisotopic (exact) mass is 270 g/mol. The van der Waals surface area contributed by atoms with E-state index in [0.717, 1.165) is 13.0 Å². The number of carbonyl (C=O) groups is 2. The minimum atomic E-state index is -0.957. The summed E-state index contributed by atoms with van der Waals surface area (Å²) in [5.41, 5.74) is 0. The van der Waals surface area contributed by atoms with Gasteiger partial charge >= 0.3 is 12.0 Å². The van der Waals surface area contributed by atoms with Crippen molar-refractivity contribution in [1.82, 2.24) is 10.2 Å². The van der Waals surface area contributed by atoms with Crippen molar-refractivity contribution in [1.29, 1.82) is 0 Å². The van der Waals surface area contributed by atoms with E-state index in [1.165, 1.54) is 32.1 Å². The molecule has 2 amide bonds. The summed E-state index contributed by atoms with van der Waals surface area (Å²) in [6, 6.07) is -1.04. The number of hydrogen-bond acceptors (Lipinski definition) is 2. The molecular formula is C14H26N2O3. The summed E-state index contributed by atoms with van der Waals surface area (Å²) in [7, 11) is 1.74. The second-order valence-electron chi connectivity index (χ2n) is 5.51. The van der Waals surface area contributed by atoms with Crippen LogP contribution in [0, 0.1) is 5.92 Å². The maximum absolute atomic E-state index is 12.0. The summed E-state index contributed by atoms with van der Waals surface area (Å²) in [6.07, 6.45) is 7.34. The molecule has 2 N–H and O–H groups in total. The molecule has 1 atom stereocenters. The van der Waals surface area contributed by atoms with Gasteiger partial charge < -0.3 is 15.3 Å². The van der Waals surface area contributed by atoms with E-state index in [1.807, 2.05) is 6.92 Å². The molecule has 0 aliphatic heterocycles. The van der Waals surface area contributed by atoms with Crippen molar-refractivity contribution in [2.45, 2.75) is 57.9 Å². The van der Waals surface area contributed by atoms with Gasteiger partial charge in [0.25, 0.3) is 0 Å². The van der Waals surface area contributed by atoms with Crippen LogP contribution < -0.4 is 5.32 Å². The number of rotatable bonds is 6. The first kappa shape index (κ1) is 15.8. The van der Waals surface area contributed by atoms with Crippen LogP contribution >= 0.6 is 0 Å². The number of carbonyl (C=O) groups excluding carboxylic acids is 1. The molecule has 1 fully saturated rings. The highest BCUT2D eigenvalue weighted by Gasteiger charge is 2.23. The van der Waals surface area contributed by atoms with Gasteiger partial charge in [-0.3, -0.25) is 0 Å². The van der Waals surface area contributed by atoms with E-state index in [2.05, 4.69) is 5.32 Å². The Balaban J connectivity index is 2.39. The number of urea groups is 1. The molecule has 1 aliphatic rings. The van der Waals surface area contributed by atoms with Crippen molar-refractivity contribution >= 4 is 12.0 Å². The molecule has 1 saturated carbocycles. The van der Waals surface area contributed by atoms with Crippen molar-refractivity contribution in [2.24, 2.45) is 5.92 Å². The third-order valence-corrected chi connectivity index (χ3v) is 3.78. The standard InChI is InChI=1S/C14H26N2O3/c1-3-7-12(13(17)18)15-14(19)16(2)10-11-8-5-4-6-9-11/h11-12H,3-10H2,1-2H3,(H,15,19)(H,17,18)/t12-/m0/s1. The van der Waals surface area contributed by atoms with Crippen LogP contribution in [-0.4, -0.2) is 41.6 Å². The molecule has 0 aromatic rings. The Hall–Kier alpha value is -1.26. The van der Waals surface area contributed by atoms with Crippen LogP contribution in [0.3, 0.4) is 0 Å². The van der Waals surface area contributed by atoms with Gasteiger partial charge in [0.2, 0.25) is 0 Å². The lowest BCUT2D eigenvalue weighted by molar-refractivity contribution is -0.139. The van der Waals surface area contributed by atoms with Gasteiger partial charge in [-0.25, -0.2) is 9.59 Å². The van der Waals surface area contributed by atoms with E-state index in [-0.39, 0.29) is 6.03 Å². The van der Waals surface area contributed by atoms with Crippen LogP contribution in [0.2, 0.25) is 0 Å². The lowest BCUT2D eigenvalue weighted by Crippen LogP contribution is -2.47. The largest absolute Gasteiger partial charge is 0.480 e. The lowest BCUT2D eigenvalue weighted by atomic mass is 9.89. The summed E-state index contributed by atoms with van der Waals surface area (Å²) in [5, 5.41) is 11.6. The molecule has 0 unspecified atom stereocenters. The molecular weight excluding hydrogens is 244 g/mol. The van der Waals surface area contributed by atoms with E-state index in [9.17, 15) is 9.59 Å². The van der Waals surface area contributed by atoms with Gasteiger partial charge in [-0.15, -0.1) is 0 Å². The highest BCUT2D eigenvalue weighted by atomic mass is 16.4. The second-order valence-corrected chi connectivity index (χ2v) is 5.51. The number of aliphatic carboxylic acids is 1. The van der Waals surface area contributed by atoms with Gasteiger partial charge in [0, 0.05) is 13.6 Å². The average Bonchev–Trinajstić information content (AvgIpc) is 2.39. The van der Waals surface area contributed by atoms with E-state index < -0.39 is 12.0 Å². The van der Waals surface area contributed by atoms with E-state index in [1.54, 1.807) is 11.9 Å². The Morgan fingerprint density at radius 1 is 1.32 bits per heavy atom. The fraction of sp³-hybridized carbons (Fsp3) is 0.857. The first-order valence-electron chi connectivity index (χ1n) is 7.29. The SMILES string of the molecule is CCC[C@H](NC(=O)N(C)CC1CCCCC1)C(=O)O. The van der Waals surface area contributed by atoms with Crippen molar-refractivity contribution in [2.75, 3.05) is 13.6 Å². The Morgan fingerprint density at radius 2 is 1.95 bits per heavy atom. The van der Waals surface area contributed by atoms with E-state index in [0.29, 0.717) is 12.3 Å². The Labute approximate surface area is 115 Å². The summed E-state index contributed by atoms with van der Waals surface area (Å²) in [4.78, 5) is 24.6. The number of nitrogens with one attached hydrogen (secondary N) is 1. The second kappa shape index (κ2) is 8.02. The van der Waals surface area contributed by atoms with E-state index in [4.69, 9.17) is 5.11 Å². The third-order valence-electron chi connectivity index (χ3n) is 3.78. The predicted octanol–water partition coefficient (Wildman–Crippen LogP) is 2.46. The van der Waals surface area contributed by atoms with E-state index >= 15 is 0 Å². The van der Waals surface area contributed by atoms with Crippen LogP contribution in [0.4, 0.5) is 4.79 Å². The molecule has 0 spiro atoms. The molecule has 0 saturated heterocycles. The third kappa shape index (κ3) is 5.49. The summed E-state index contributed by atoms with van der Waals surface area (Å²) >= 11 is 0. The fourth-order valence-electron chi connectivity index (χ4n) is 2.65. The normalized spacial score (nSPS) is 17.8. The number of carboxylic acid groups (broad SMARTS) is 1. The molecule has 0 bridgehead atoms. The minimum absolute atomic E-state index is 0.272. The van der Waals surface area contributed by atoms with Crippen LogP contribution in [0.15, 0.2) is 0 Å². The Bertz CT molecular complexity index is 301. The summed E-state index contributed by atoms with van der Waals surface area (Å²) in [5.74, 6) is -0.389. The van der Waals surface area contributed by atoms with Crippen LogP contribution in [0.25, 0.3) is 0 Å². The van der Waals surface area contributed by atoms with Crippen LogP contribution in [-0.2, 0) is 4.79 Å². The molecule has 1 rings (SSSR count). The quantitative estimate of drug-likeness (QED) is 0.779. The highest BCUT2D eigenvalue weighted by Crippen LogP contribution is 2.24. The molecule has 110 valence electrons. The molecule has 19 heavy (non-hydrogen) atoms. The number of amides is 2. The molecule has 0 aromatic carbocycles. The molecule has 0 heterocycles. The van der Waals surface area contributed by atoms with Crippen molar-refractivity contribution in [3.8, 4) is 0 Å². The average molecular weight is 270 g/mol. The summed E-state index contributed by atoms with van der Waals surface area (Å²) < 4.78 is 0. The molecule has 0 aromatic heterocycles. The lowest BCUT2D eigenvalue weighted by Gasteiger charge is -2.28. The highest BCUT2D eigenvalue weighted by molar-refractivity contribution is 5.82. The fourth-order valence-corrected chi connectivity index (χ4v) is 2.65. The van der Waals surface area contributed by atoms with Gasteiger partial charge in [-0.2, -0.15) is 0 Å². The molecule has 1 aliphatic carbocycles. The molecule has 5 heteroatoms. The number of hydrogen-bond donors (Lipinski definition) is 2. The van der Waals surface area contributed by atoms with Gasteiger partial charge in [0.05, 0.1) is 0 Å². The van der Waals surface area contributed by atoms with Crippen LogP contribution in [0.5, 0.6) is 0 Å². The number of carboxylic acids is 1. The topological polar surface area (TPSA) is 69.6 Å². The Morgan fingerprint density at radius 3 is 2.47 bits per heavy atom. The molecule has 0 radical (unpaired) electrons. The van der Waals surface area contributed by atoms with Crippen molar-refractivity contribution < 1.29 is 14.7 Å². The van der Waals surface area contributed by atoms with Crippen molar-refractivity contribution in [3.05, 3.63) is 0 Å². The zero-order chi connectivity index (χ0) is 14.3. The maximum Gasteiger partial charge on any atom is 0.326 e. The first-order chi connectivity index (χ1) is 9.04. The summed E-state index contributed by atoms with van der Waals surface area (Å²) in [6.45, 7) is 2.64. The predicted molar refractivity (Wildman–Crippen MR) is 74.1 cm³/mol. The van der Waals surface area contributed by atoms with Gasteiger partial charge in [0.15, 0.2) is 0 Å². The minimum Gasteiger partial charge on any atom is -0.480 e. The van der Waals surface area contributed by atoms with Gasteiger partial charge in [0.1, 0.15) is 6.04 Å². The molecule has 5 nitrogen and oxygen atoms in total.